The summed E-state index contributed by atoms with van der Waals surface area (Å²) in [5, 5.41) is 0. The second-order valence-electron chi connectivity index (χ2n) is 11.9. The van der Waals surface area contributed by atoms with Crippen molar-refractivity contribution in [3.05, 3.63) is 0 Å². The molecular formula is C30H66N2O8P2. The molecule has 0 radical (unpaired) electrons. The van der Waals surface area contributed by atoms with Crippen molar-refractivity contribution in [3.8, 4) is 0 Å². The van der Waals surface area contributed by atoms with Crippen LogP contribution in [0.15, 0.2) is 0 Å². The minimum Gasteiger partial charge on any atom is -0.307 e. The van der Waals surface area contributed by atoms with Crippen molar-refractivity contribution >= 4 is 15.6 Å². The first-order valence-corrected chi connectivity index (χ1v) is 19.6. The van der Waals surface area contributed by atoms with Gasteiger partial charge in [-0.15, -0.1) is 0 Å². The van der Waals surface area contributed by atoms with Crippen LogP contribution in [0.3, 0.4) is 0 Å². The summed E-state index contributed by atoms with van der Waals surface area (Å²) in [6, 6.07) is 0. The summed E-state index contributed by atoms with van der Waals surface area (Å²) >= 11 is 0. The van der Waals surface area contributed by atoms with E-state index in [9.17, 15) is 18.9 Å². The van der Waals surface area contributed by atoms with E-state index in [1.807, 2.05) is 38.0 Å². The molecule has 0 amide bonds. The summed E-state index contributed by atoms with van der Waals surface area (Å²) in [5.41, 5.74) is 0. The van der Waals surface area contributed by atoms with Gasteiger partial charge in [-0.1, -0.05) is 116 Å². The third-order valence-electron chi connectivity index (χ3n) is 7.13. The molecule has 0 bridgehead atoms. The average Bonchev–Trinajstić information content (AvgIpc) is 2.90. The van der Waals surface area contributed by atoms with Crippen LogP contribution >= 0.6 is 15.6 Å². The Morgan fingerprint density at radius 1 is 0.381 bits per heavy atom. The zero-order valence-corrected chi connectivity index (χ0v) is 29.3. The zero-order valence-electron chi connectivity index (χ0n) is 27.5. The van der Waals surface area contributed by atoms with E-state index in [2.05, 4.69) is 0 Å². The first-order chi connectivity index (χ1) is 20.0. The third-order valence-corrected chi connectivity index (χ3v) is 9.17. The van der Waals surface area contributed by atoms with Gasteiger partial charge >= 0.3 is 15.6 Å². The smallest absolute Gasteiger partial charge is 0.307 e. The molecule has 10 nitrogen and oxygen atoms in total. The molecule has 0 saturated carbocycles. The highest BCUT2D eigenvalue weighted by atomic mass is 31.2. The fourth-order valence-corrected chi connectivity index (χ4v) is 5.99. The monoisotopic (exact) mass is 644 g/mol. The minimum absolute atomic E-state index is 0.192. The van der Waals surface area contributed by atoms with Crippen molar-refractivity contribution < 1.29 is 37.0 Å². The van der Waals surface area contributed by atoms with Crippen LogP contribution < -0.4 is 0 Å². The number of unbranched alkanes of at least 4 members (excludes halogenated alkanes) is 19. The number of hydrogen-bond donors (Lipinski definition) is 2. The molecule has 0 aliphatic rings. The molecule has 0 spiro atoms. The molecule has 0 rings (SSSR count). The van der Waals surface area contributed by atoms with Gasteiger partial charge in [-0.05, 0) is 41.0 Å². The zero-order chi connectivity index (χ0) is 31.4. The van der Waals surface area contributed by atoms with Gasteiger partial charge in [0.05, 0.1) is 26.4 Å². The quantitative estimate of drug-likeness (QED) is 0.0535. The maximum Gasteiger partial charge on any atom is 0.472 e. The van der Waals surface area contributed by atoms with Crippen LogP contribution in [0.5, 0.6) is 0 Å². The Bertz CT molecular complexity index is 630. The Morgan fingerprint density at radius 3 is 0.786 bits per heavy atom. The van der Waals surface area contributed by atoms with Gasteiger partial charge in [0.2, 0.25) is 0 Å². The molecule has 0 aromatic carbocycles. The van der Waals surface area contributed by atoms with Crippen molar-refractivity contribution in [3.63, 3.8) is 0 Å². The first kappa shape index (κ1) is 42.1. The summed E-state index contributed by atoms with van der Waals surface area (Å²) in [6.07, 6.45) is 24.3. The van der Waals surface area contributed by atoms with Gasteiger partial charge < -0.3 is 19.6 Å². The molecule has 0 saturated heterocycles. The summed E-state index contributed by atoms with van der Waals surface area (Å²) in [4.78, 5) is 23.0. The van der Waals surface area contributed by atoms with Crippen LogP contribution in [-0.4, -0.2) is 87.3 Å². The Labute approximate surface area is 258 Å². The number of phosphoric ester groups is 2. The molecule has 0 fully saturated rings. The van der Waals surface area contributed by atoms with Gasteiger partial charge in [0.25, 0.3) is 0 Å². The maximum atomic E-state index is 11.7. The van der Waals surface area contributed by atoms with Crippen LogP contribution in [0.4, 0.5) is 0 Å². The SMILES string of the molecule is CN(C)CCOP(=O)(O)OCCCCCCCCCCCCCCCCCCCCCCOP(=O)(O)OCCN(C)C. The van der Waals surface area contributed by atoms with Gasteiger partial charge in [-0.3, -0.25) is 18.1 Å². The van der Waals surface area contributed by atoms with Crippen LogP contribution in [0.1, 0.15) is 128 Å². The van der Waals surface area contributed by atoms with Crippen molar-refractivity contribution in [1.82, 2.24) is 9.80 Å². The lowest BCUT2D eigenvalue weighted by atomic mass is 10.0. The number of likely N-dealkylation sites (N-methyl/N-ethyl adjacent to an activating group) is 2. The first-order valence-electron chi connectivity index (χ1n) is 16.6. The number of nitrogens with zero attached hydrogens (tertiary/aromatic N) is 2. The normalized spacial score (nSPS) is 15.0. The van der Waals surface area contributed by atoms with Crippen molar-refractivity contribution in [1.29, 1.82) is 0 Å². The lowest BCUT2D eigenvalue weighted by Crippen LogP contribution is -2.17. The van der Waals surface area contributed by atoms with E-state index in [0.29, 0.717) is 13.1 Å². The Hall–Kier alpha value is 0.140. The molecule has 2 atom stereocenters. The second-order valence-corrected chi connectivity index (χ2v) is 14.9. The van der Waals surface area contributed by atoms with Crippen molar-refractivity contribution in [2.45, 2.75) is 128 Å². The van der Waals surface area contributed by atoms with E-state index < -0.39 is 15.6 Å². The fourth-order valence-electron chi connectivity index (χ4n) is 4.50. The van der Waals surface area contributed by atoms with Crippen LogP contribution in [-0.2, 0) is 27.2 Å². The van der Waals surface area contributed by atoms with Gasteiger partial charge in [-0.2, -0.15) is 0 Å². The van der Waals surface area contributed by atoms with Crippen molar-refractivity contribution in [2.24, 2.45) is 0 Å². The highest BCUT2D eigenvalue weighted by Gasteiger charge is 2.21. The Balaban J connectivity index is 3.26. The second kappa shape index (κ2) is 28.6. The minimum atomic E-state index is -3.90. The fraction of sp³-hybridized carbons (Fsp3) is 1.00. The maximum absolute atomic E-state index is 11.7. The standard InChI is InChI=1S/C30H66N2O8P2/c1-31(2)25-29-39-41(33,34)37-27-23-21-19-17-15-13-11-9-7-5-6-8-10-12-14-16-18-20-22-24-28-38-42(35,36)40-30-26-32(3)4/h5-30H2,1-4H3,(H,33,34)(H,35,36). The molecule has 2 N–H and O–H groups in total. The van der Waals surface area contributed by atoms with Crippen molar-refractivity contribution in [2.75, 3.05) is 67.7 Å². The van der Waals surface area contributed by atoms with Crippen LogP contribution in [0, 0.1) is 0 Å². The number of rotatable bonds is 33. The molecule has 0 aromatic rings. The molecule has 0 aromatic heterocycles. The third kappa shape index (κ3) is 33.0. The van der Waals surface area contributed by atoms with E-state index in [-0.39, 0.29) is 26.4 Å². The molecular weight excluding hydrogens is 578 g/mol. The van der Waals surface area contributed by atoms with E-state index in [1.165, 1.54) is 89.9 Å². The molecule has 42 heavy (non-hydrogen) atoms. The van der Waals surface area contributed by atoms with Crippen LogP contribution in [0.25, 0.3) is 0 Å². The van der Waals surface area contributed by atoms with E-state index in [0.717, 1.165) is 38.5 Å². The molecule has 254 valence electrons. The summed E-state index contributed by atoms with van der Waals surface area (Å²) in [7, 11) is -0.255. The number of phosphoric acid groups is 2. The van der Waals surface area contributed by atoms with Gasteiger partial charge in [-0.25, -0.2) is 9.13 Å². The van der Waals surface area contributed by atoms with Crippen LogP contribution in [0.2, 0.25) is 0 Å². The Morgan fingerprint density at radius 2 is 0.571 bits per heavy atom. The number of hydrogen-bond acceptors (Lipinski definition) is 8. The van der Waals surface area contributed by atoms with E-state index in [4.69, 9.17) is 18.1 Å². The molecule has 2 unspecified atom stereocenters. The van der Waals surface area contributed by atoms with Gasteiger partial charge in [0, 0.05) is 13.1 Å². The molecule has 0 aliphatic heterocycles. The van der Waals surface area contributed by atoms with E-state index in [1.54, 1.807) is 0 Å². The highest BCUT2D eigenvalue weighted by molar-refractivity contribution is 7.47. The summed E-state index contributed by atoms with van der Waals surface area (Å²) in [6.45, 7) is 2.12. The Kier molecular flexibility index (Phi) is 28.7. The van der Waals surface area contributed by atoms with Gasteiger partial charge in [0.1, 0.15) is 0 Å². The average molecular weight is 645 g/mol. The topological polar surface area (TPSA) is 118 Å². The largest absolute Gasteiger partial charge is 0.472 e. The summed E-state index contributed by atoms with van der Waals surface area (Å²) < 4.78 is 43.4. The predicted molar refractivity (Wildman–Crippen MR) is 173 cm³/mol. The van der Waals surface area contributed by atoms with E-state index >= 15 is 0 Å². The molecule has 0 aliphatic carbocycles. The predicted octanol–water partition coefficient (Wildman–Crippen LogP) is 8.18. The van der Waals surface area contributed by atoms with Gasteiger partial charge in [0.15, 0.2) is 0 Å². The summed E-state index contributed by atoms with van der Waals surface area (Å²) in [5.74, 6) is 0. The lowest BCUT2D eigenvalue weighted by Gasteiger charge is -2.14. The molecule has 12 heteroatoms. The lowest BCUT2D eigenvalue weighted by molar-refractivity contribution is 0.137. The molecule has 0 heterocycles. The highest BCUT2D eigenvalue weighted by Crippen LogP contribution is 2.43.